The second-order valence-corrected chi connectivity index (χ2v) is 3.67. The quantitative estimate of drug-likeness (QED) is 0.290. The molecule has 0 fully saturated rings. The van der Waals surface area contributed by atoms with Crippen molar-refractivity contribution in [2.75, 3.05) is 0 Å². The Bertz CT molecular complexity index is 147. The zero-order chi connectivity index (χ0) is 10.5. The first-order chi connectivity index (χ1) is 6.91. The first kappa shape index (κ1) is 13.3. The van der Waals surface area contributed by atoms with Crippen LogP contribution in [0.4, 0.5) is 0 Å². The summed E-state index contributed by atoms with van der Waals surface area (Å²) in [4.78, 5) is 0. The van der Waals surface area contributed by atoms with Crippen molar-refractivity contribution in [2.24, 2.45) is 0 Å². The van der Waals surface area contributed by atoms with E-state index in [1.807, 2.05) is 6.08 Å². The summed E-state index contributed by atoms with van der Waals surface area (Å²) >= 11 is 0. The molecule has 0 aliphatic rings. The first-order valence-corrected chi connectivity index (χ1v) is 5.85. The Balaban J connectivity index is 2.98. The fraction of sp³-hybridized carbons (Fsp3) is 0.692. The van der Waals surface area contributed by atoms with Gasteiger partial charge >= 0.3 is 0 Å². The highest BCUT2D eigenvalue weighted by Gasteiger charge is 1.88. The molecule has 1 radical (unpaired) electrons. The number of rotatable bonds is 9. The summed E-state index contributed by atoms with van der Waals surface area (Å²) in [5.41, 5.74) is 0. The molecular formula is C13H23O. The van der Waals surface area contributed by atoms with Gasteiger partial charge in [-0.25, -0.2) is 0 Å². The van der Waals surface area contributed by atoms with E-state index in [0.29, 0.717) is 0 Å². The molecule has 0 N–H and O–H groups in total. The molecule has 0 amide bonds. The van der Waals surface area contributed by atoms with Gasteiger partial charge in [-0.15, -0.1) is 0 Å². The molecule has 0 aromatic rings. The maximum absolute atomic E-state index is 9.93. The van der Waals surface area contributed by atoms with Crippen molar-refractivity contribution in [3.8, 4) is 0 Å². The van der Waals surface area contributed by atoms with Gasteiger partial charge in [0.15, 0.2) is 0 Å². The van der Waals surface area contributed by atoms with Crippen LogP contribution in [0.3, 0.4) is 0 Å². The second-order valence-electron chi connectivity index (χ2n) is 3.67. The first-order valence-electron chi connectivity index (χ1n) is 5.85. The smallest absolute Gasteiger partial charge is 0.142 e. The number of hydrogen-bond acceptors (Lipinski definition) is 0. The molecule has 0 aromatic heterocycles. The van der Waals surface area contributed by atoms with Gasteiger partial charge in [0.1, 0.15) is 6.26 Å². The maximum Gasteiger partial charge on any atom is 0.142 e. The van der Waals surface area contributed by atoms with Gasteiger partial charge in [-0.2, -0.15) is 0 Å². The Morgan fingerprint density at radius 1 is 0.857 bits per heavy atom. The number of unbranched alkanes of at least 4 members (excludes halogenated alkanes) is 7. The number of hydrogen-bond donors (Lipinski definition) is 0. The molecule has 0 aromatic carbocycles. The van der Waals surface area contributed by atoms with E-state index in [-0.39, 0.29) is 0 Å². The predicted octanol–water partition coefficient (Wildman–Crippen LogP) is 4.63. The molecule has 14 heavy (non-hydrogen) atoms. The Morgan fingerprint density at radius 2 is 1.50 bits per heavy atom. The average molecular weight is 195 g/mol. The molecular weight excluding hydrogens is 172 g/mol. The highest BCUT2D eigenvalue weighted by atomic mass is 16.2. The molecule has 0 rings (SSSR count). The molecule has 0 saturated heterocycles. The van der Waals surface area contributed by atoms with Crippen LogP contribution in [-0.4, -0.2) is 0 Å². The third kappa shape index (κ3) is 11.3. The Hall–Kier alpha value is -0.720. The molecule has 1 heteroatoms. The van der Waals surface area contributed by atoms with E-state index >= 15 is 0 Å². The van der Waals surface area contributed by atoms with Gasteiger partial charge in [0.2, 0.25) is 0 Å². The largest absolute Gasteiger partial charge is 0.299 e. The van der Waals surface area contributed by atoms with E-state index in [4.69, 9.17) is 0 Å². The van der Waals surface area contributed by atoms with Crippen LogP contribution in [0.15, 0.2) is 24.5 Å². The lowest BCUT2D eigenvalue weighted by Crippen LogP contribution is -1.78. The molecule has 81 valence electrons. The summed E-state index contributed by atoms with van der Waals surface area (Å²) in [6.45, 7) is 2.24. The van der Waals surface area contributed by atoms with Gasteiger partial charge in [0.05, 0.1) is 0 Å². The van der Waals surface area contributed by atoms with E-state index in [0.717, 1.165) is 12.7 Å². The van der Waals surface area contributed by atoms with Gasteiger partial charge < -0.3 is 0 Å². The Morgan fingerprint density at radius 3 is 2.14 bits per heavy atom. The zero-order valence-electron chi connectivity index (χ0n) is 9.37. The molecule has 0 heterocycles. The molecule has 0 saturated carbocycles. The maximum atomic E-state index is 9.93. The van der Waals surface area contributed by atoms with Crippen molar-refractivity contribution in [1.29, 1.82) is 0 Å². The van der Waals surface area contributed by atoms with Crippen molar-refractivity contribution in [3.63, 3.8) is 0 Å². The summed E-state index contributed by atoms with van der Waals surface area (Å²) in [5, 5.41) is 9.93. The summed E-state index contributed by atoms with van der Waals surface area (Å²) in [7, 11) is 0. The summed E-state index contributed by atoms with van der Waals surface area (Å²) in [5.74, 6) is 0. The van der Waals surface area contributed by atoms with Crippen LogP contribution in [-0.2, 0) is 5.11 Å². The number of allylic oxidation sites excluding steroid dienone is 3. The monoisotopic (exact) mass is 195 g/mol. The highest BCUT2D eigenvalue weighted by molar-refractivity contribution is 4.98. The Labute approximate surface area is 88.5 Å². The lowest BCUT2D eigenvalue weighted by molar-refractivity contribution is 0.352. The Kier molecular flexibility index (Phi) is 11.6. The van der Waals surface area contributed by atoms with Crippen molar-refractivity contribution < 1.29 is 5.11 Å². The highest BCUT2D eigenvalue weighted by Crippen LogP contribution is 2.08. The predicted molar refractivity (Wildman–Crippen MR) is 61.6 cm³/mol. The molecule has 1 nitrogen and oxygen atoms in total. The topological polar surface area (TPSA) is 19.9 Å². The van der Waals surface area contributed by atoms with Crippen molar-refractivity contribution >= 4 is 0 Å². The summed E-state index contributed by atoms with van der Waals surface area (Å²) in [6, 6.07) is 0. The average Bonchev–Trinajstić information content (AvgIpc) is 2.21. The van der Waals surface area contributed by atoms with Gasteiger partial charge in [0, 0.05) is 0 Å². The molecule has 0 aliphatic carbocycles. The van der Waals surface area contributed by atoms with Gasteiger partial charge in [-0.3, -0.25) is 5.11 Å². The minimum atomic E-state index is 0.821. The fourth-order valence-electron chi connectivity index (χ4n) is 1.44. The van der Waals surface area contributed by atoms with Crippen LogP contribution in [0, 0.1) is 0 Å². The van der Waals surface area contributed by atoms with Crippen LogP contribution in [0.25, 0.3) is 0 Å². The fourth-order valence-corrected chi connectivity index (χ4v) is 1.44. The van der Waals surface area contributed by atoms with Crippen molar-refractivity contribution in [1.82, 2.24) is 0 Å². The normalized spacial score (nSPS) is 11.8. The second kappa shape index (κ2) is 12.3. The van der Waals surface area contributed by atoms with E-state index in [1.54, 1.807) is 6.08 Å². The zero-order valence-corrected chi connectivity index (χ0v) is 9.37. The van der Waals surface area contributed by atoms with E-state index < -0.39 is 0 Å². The summed E-state index contributed by atoms with van der Waals surface area (Å²) < 4.78 is 0. The lowest BCUT2D eigenvalue weighted by atomic mass is 10.1. The minimum absolute atomic E-state index is 0.821. The molecule has 0 bridgehead atoms. The third-order valence-electron chi connectivity index (χ3n) is 2.30. The van der Waals surface area contributed by atoms with E-state index in [2.05, 4.69) is 13.0 Å². The molecule has 0 spiro atoms. The van der Waals surface area contributed by atoms with E-state index in [9.17, 15) is 5.11 Å². The van der Waals surface area contributed by atoms with Crippen LogP contribution in [0.5, 0.6) is 0 Å². The minimum Gasteiger partial charge on any atom is -0.299 e. The van der Waals surface area contributed by atoms with Crippen LogP contribution in [0.1, 0.15) is 58.3 Å². The van der Waals surface area contributed by atoms with Crippen LogP contribution in [0.2, 0.25) is 0 Å². The van der Waals surface area contributed by atoms with E-state index in [1.165, 1.54) is 44.9 Å². The lowest BCUT2D eigenvalue weighted by Gasteiger charge is -1.98. The third-order valence-corrected chi connectivity index (χ3v) is 2.30. The van der Waals surface area contributed by atoms with Crippen molar-refractivity contribution in [3.05, 3.63) is 24.5 Å². The van der Waals surface area contributed by atoms with Crippen molar-refractivity contribution in [2.45, 2.75) is 58.3 Å². The van der Waals surface area contributed by atoms with Gasteiger partial charge in [-0.05, 0) is 18.9 Å². The SMILES string of the molecule is CCCCCCCCC/C=C/C=C/[O]. The molecule has 0 atom stereocenters. The van der Waals surface area contributed by atoms with Crippen LogP contribution >= 0.6 is 0 Å². The summed E-state index contributed by atoms with van der Waals surface area (Å²) in [6.07, 6.45) is 16.8. The van der Waals surface area contributed by atoms with Crippen LogP contribution < -0.4 is 0 Å². The standard InChI is InChI=1S/C13H23O/c1-2-3-4-5-6-7-8-9-10-11-12-13-14/h10-13H,2-9H2,1H3/b11-10+,13-12+. The molecule has 0 aliphatic heterocycles. The van der Waals surface area contributed by atoms with Gasteiger partial charge in [0.25, 0.3) is 0 Å². The van der Waals surface area contributed by atoms with Gasteiger partial charge in [-0.1, -0.05) is 57.6 Å². The molecule has 0 unspecified atom stereocenters.